The highest BCUT2D eigenvalue weighted by molar-refractivity contribution is 5.94. The van der Waals surface area contributed by atoms with Gasteiger partial charge >= 0.3 is 0 Å². The summed E-state index contributed by atoms with van der Waals surface area (Å²) in [5.41, 5.74) is 9.53. The molecule has 0 bridgehead atoms. The molecule has 1 amide bonds. The van der Waals surface area contributed by atoms with Crippen molar-refractivity contribution >= 4 is 11.6 Å². The summed E-state index contributed by atoms with van der Waals surface area (Å²) in [5, 5.41) is 6.65. The van der Waals surface area contributed by atoms with Crippen molar-refractivity contribution in [1.29, 1.82) is 0 Å². The smallest absolute Gasteiger partial charge is 0.252 e. The number of hydrazine groups is 1. The third kappa shape index (κ3) is 6.20. The number of rotatable bonds is 8. The Labute approximate surface area is 202 Å². The van der Waals surface area contributed by atoms with Crippen molar-refractivity contribution < 1.29 is 14.3 Å². The molecule has 4 rings (SSSR count). The second-order valence-corrected chi connectivity index (χ2v) is 9.43. The highest BCUT2D eigenvalue weighted by atomic mass is 16.5. The van der Waals surface area contributed by atoms with Crippen LogP contribution in [0.5, 0.6) is 11.5 Å². The lowest BCUT2D eigenvalue weighted by Gasteiger charge is -2.37. The summed E-state index contributed by atoms with van der Waals surface area (Å²) in [5.74, 6) is 1.53. The number of methoxy groups -OCH3 is 2. The Hall–Kier alpha value is -2.81. The molecule has 8 heteroatoms. The Kier molecular flexibility index (Phi) is 7.92. The summed E-state index contributed by atoms with van der Waals surface area (Å²) < 4.78 is 10.7. The lowest BCUT2D eigenvalue weighted by Crippen LogP contribution is -2.54. The molecule has 0 saturated carbocycles. The molecule has 4 atom stereocenters. The van der Waals surface area contributed by atoms with Crippen molar-refractivity contribution in [2.75, 3.05) is 32.2 Å². The van der Waals surface area contributed by atoms with Crippen LogP contribution < -0.4 is 35.9 Å². The Morgan fingerprint density at radius 1 is 1.00 bits per heavy atom. The van der Waals surface area contributed by atoms with Crippen LogP contribution in [0.1, 0.15) is 42.6 Å². The number of anilines is 1. The molecule has 0 unspecified atom stereocenters. The van der Waals surface area contributed by atoms with E-state index in [1.54, 1.807) is 14.2 Å². The maximum absolute atomic E-state index is 12.8. The van der Waals surface area contributed by atoms with Crippen LogP contribution in [-0.4, -0.2) is 57.5 Å². The summed E-state index contributed by atoms with van der Waals surface area (Å²) in [6, 6.07) is 15.0. The number of aryl methyl sites for hydroxylation is 1. The number of benzene rings is 2. The monoisotopic (exact) mass is 467 g/mol. The number of nitrogens with zero attached hydrogens (tertiary/aromatic N) is 1. The number of amides is 1. The molecule has 2 heterocycles. The van der Waals surface area contributed by atoms with Gasteiger partial charge in [-0.25, -0.2) is 5.43 Å². The largest absolute Gasteiger partial charge is 0.497 e. The van der Waals surface area contributed by atoms with E-state index in [4.69, 9.17) is 9.47 Å². The molecule has 0 spiro atoms. The van der Waals surface area contributed by atoms with Crippen LogP contribution >= 0.6 is 0 Å². The van der Waals surface area contributed by atoms with Crippen LogP contribution in [0.4, 0.5) is 5.69 Å². The number of piperazine rings is 1. The first-order chi connectivity index (χ1) is 16.4. The van der Waals surface area contributed by atoms with E-state index in [1.807, 2.05) is 42.5 Å². The molecule has 0 radical (unpaired) electrons. The van der Waals surface area contributed by atoms with Gasteiger partial charge in [-0.15, -0.1) is 0 Å². The van der Waals surface area contributed by atoms with Crippen LogP contribution in [0.3, 0.4) is 0 Å². The molecule has 34 heavy (non-hydrogen) atoms. The summed E-state index contributed by atoms with van der Waals surface area (Å²) in [6.07, 6.45) is 2.54. The fraction of sp³-hybridized carbons (Fsp3) is 0.500. The first kappa shape index (κ1) is 24.3. The molecule has 2 fully saturated rings. The number of carbonyl (C=O) groups excluding carboxylic acids is 1. The van der Waals surface area contributed by atoms with Crippen molar-refractivity contribution in [3.8, 4) is 11.5 Å². The number of hydrogen-bond donors (Lipinski definition) is 4. The molecule has 2 aliphatic rings. The van der Waals surface area contributed by atoms with Crippen LogP contribution in [0.15, 0.2) is 42.5 Å². The first-order valence-corrected chi connectivity index (χ1v) is 12.1. The third-order valence-electron chi connectivity index (χ3n) is 6.53. The van der Waals surface area contributed by atoms with E-state index < -0.39 is 0 Å². The number of carbonyl (C=O) groups is 1. The number of hydrogen-bond acceptors (Lipinski definition) is 7. The van der Waals surface area contributed by atoms with Gasteiger partial charge in [0, 0.05) is 48.5 Å². The van der Waals surface area contributed by atoms with Crippen molar-refractivity contribution in [3.05, 3.63) is 53.6 Å². The van der Waals surface area contributed by atoms with Gasteiger partial charge in [0.05, 0.1) is 20.4 Å². The first-order valence-electron chi connectivity index (χ1n) is 12.1. The minimum Gasteiger partial charge on any atom is -0.497 e. The van der Waals surface area contributed by atoms with Gasteiger partial charge in [0.1, 0.15) is 11.5 Å². The van der Waals surface area contributed by atoms with Crippen molar-refractivity contribution in [2.24, 2.45) is 0 Å². The van der Waals surface area contributed by atoms with Crippen LogP contribution in [-0.2, 0) is 6.42 Å². The Morgan fingerprint density at radius 2 is 1.65 bits per heavy atom. The molecule has 2 aromatic carbocycles. The van der Waals surface area contributed by atoms with Crippen molar-refractivity contribution in [3.63, 3.8) is 0 Å². The lowest BCUT2D eigenvalue weighted by atomic mass is 10.0. The second kappa shape index (κ2) is 11.1. The average molecular weight is 468 g/mol. The van der Waals surface area contributed by atoms with Crippen LogP contribution in [0.2, 0.25) is 0 Å². The molecular weight excluding hydrogens is 430 g/mol. The highest BCUT2D eigenvalue weighted by Gasteiger charge is 2.25. The average Bonchev–Trinajstić information content (AvgIpc) is 3.29. The zero-order chi connectivity index (χ0) is 24.1. The fourth-order valence-electron chi connectivity index (χ4n) is 4.86. The predicted octanol–water partition coefficient (Wildman–Crippen LogP) is 2.45. The van der Waals surface area contributed by atoms with Gasteiger partial charge in [-0.2, -0.15) is 0 Å². The van der Waals surface area contributed by atoms with E-state index in [-0.39, 0.29) is 18.1 Å². The molecule has 2 saturated heterocycles. The van der Waals surface area contributed by atoms with Gasteiger partial charge in [0.25, 0.3) is 5.91 Å². The van der Waals surface area contributed by atoms with Gasteiger partial charge in [0.15, 0.2) is 0 Å². The van der Waals surface area contributed by atoms with E-state index >= 15 is 0 Å². The van der Waals surface area contributed by atoms with Gasteiger partial charge in [-0.05, 0) is 75.1 Å². The van der Waals surface area contributed by atoms with E-state index in [0.717, 1.165) is 49.5 Å². The zero-order valence-electron chi connectivity index (χ0n) is 20.6. The third-order valence-corrected chi connectivity index (χ3v) is 6.53. The normalized spacial score (nSPS) is 24.6. The van der Waals surface area contributed by atoms with Crippen molar-refractivity contribution in [2.45, 2.75) is 57.4 Å². The molecular formula is C26H37N5O3. The highest BCUT2D eigenvalue weighted by Crippen LogP contribution is 2.24. The SMILES string of the molecule is COc1cc(CC[C@@H]2C[C@@H](NC(=O)c3ccc(N4C[C@@H](C)N[C@@H](C)C4)cc3)NN2)cc(OC)c1. The summed E-state index contributed by atoms with van der Waals surface area (Å²) in [7, 11) is 3.32. The van der Waals surface area contributed by atoms with E-state index in [1.165, 1.54) is 5.56 Å². The molecule has 2 aliphatic heterocycles. The van der Waals surface area contributed by atoms with Gasteiger partial charge in [0.2, 0.25) is 0 Å². The van der Waals surface area contributed by atoms with E-state index in [2.05, 4.69) is 40.2 Å². The zero-order valence-corrected chi connectivity index (χ0v) is 20.6. The second-order valence-electron chi connectivity index (χ2n) is 9.43. The minimum absolute atomic E-state index is 0.0638. The Balaban J connectivity index is 1.26. The lowest BCUT2D eigenvalue weighted by molar-refractivity contribution is 0.0932. The van der Waals surface area contributed by atoms with E-state index in [0.29, 0.717) is 17.6 Å². The summed E-state index contributed by atoms with van der Waals surface area (Å²) >= 11 is 0. The molecule has 0 aliphatic carbocycles. The van der Waals surface area contributed by atoms with Crippen molar-refractivity contribution in [1.82, 2.24) is 21.5 Å². The maximum atomic E-state index is 12.8. The summed E-state index contributed by atoms with van der Waals surface area (Å²) in [6.45, 7) is 6.34. The fourth-order valence-corrected chi connectivity index (χ4v) is 4.86. The summed E-state index contributed by atoms with van der Waals surface area (Å²) in [4.78, 5) is 15.2. The quantitative estimate of drug-likeness (QED) is 0.474. The molecule has 4 N–H and O–H groups in total. The maximum Gasteiger partial charge on any atom is 0.252 e. The Morgan fingerprint density at radius 3 is 2.26 bits per heavy atom. The number of nitrogens with one attached hydrogen (secondary N) is 4. The minimum atomic E-state index is -0.105. The van der Waals surface area contributed by atoms with E-state index in [9.17, 15) is 4.79 Å². The predicted molar refractivity (Wildman–Crippen MR) is 135 cm³/mol. The van der Waals surface area contributed by atoms with Crippen LogP contribution in [0, 0.1) is 0 Å². The standard InChI is InChI=1S/C26H37N5O3/c1-17-15-31(16-18(2)27-17)22-9-6-20(7-10-22)26(32)28-25-13-21(29-30-25)8-5-19-11-23(33-3)14-24(12-19)34-4/h6-7,9-12,14,17-18,21,25,27,29-30H,5,8,13,15-16H2,1-4H3,(H,28,32)/t17-,18+,21-,25+/m1/s1. The molecule has 184 valence electrons. The molecule has 8 nitrogen and oxygen atoms in total. The molecule has 0 aromatic heterocycles. The number of ether oxygens (including phenoxy) is 2. The molecule has 2 aromatic rings. The van der Waals surface area contributed by atoms with Gasteiger partial charge < -0.3 is 25.0 Å². The topological polar surface area (TPSA) is 86.9 Å². The Bertz CT molecular complexity index is 935. The van der Waals surface area contributed by atoms with Gasteiger partial charge in [-0.3, -0.25) is 10.2 Å². The van der Waals surface area contributed by atoms with Gasteiger partial charge in [-0.1, -0.05) is 0 Å². The van der Waals surface area contributed by atoms with Crippen LogP contribution in [0.25, 0.3) is 0 Å².